The minimum Gasteiger partial charge on any atom is -0.357 e. The maximum Gasteiger partial charge on any atom is 0.257 e. The van der Waals surface area contributed by atoms with Gasteiger partial charge in [-0.1, -0.05) is 47.5 Å². The number of hydrazone groups is 1. The molecule has 0 spiro atoms. The van der Waals surface area contributed by atoms with Crippen LogP contribution in [-0.4, -0.2) is 23.1 Å². The standard InChI is InChI=1S/C20H18Cl2N4O/c1-11-19-15(14-4-2-3-5-17(14)25-19)9-18(24-11)20(27)26-23-10-12-6-7-13(21)8-16(12)22/h2-8,10-11,18,24-25H,9H2,1H3,(H,26,27)/t11-,18-/m0/s1. The number of hydrogen-bond donors (Lipinski definition) is 3. The van der Waals surface area contributed by atoms with Gasteiger partial charge >= 0.3 is 0 Å². The van der Waals surface area contributed by atoms with E-state index in [9.17, 15) is 4.79 Å². The highest BCUT2D eigenvalue weighted by Crippen LogP contribution is 2.31. The van der Waals surface area contributed by atoms with Crippen LogP contribution in [0.1, 0.15) is 29.8 Å². The SMILES string of the molecule is C[C@@H]1N[C@H](C(=O)NN=Cc2ccc(Cl)cc2Cl)Cc2c1[nH]c1ccccc21. The highest BCUT2D eigenvalue weighted by atomic mass is 35.5. The molecule has 0 saturated heterocycles. The van der Waals surface area contributed by atoms with E-state index in [0.717, 1.165) is 16.6 Å². The van der Waals surface area contributed by atoms with Gasteiger partial charge in [0.15, 0.2) is 0 Å². The second-order valence-electron chi connectivity index (χ2n) is 6.61. The monoisotopic (exact) mass is 400 g/mol. The summed E-state index contributed by atoms with van der Waals surface area (Å²) in [5.74, 6) is -0.181. The predicted octanol–water partition coefficient (Wildman–Crippen LogP) is 4.20. The van der Waals surface area contributed by atoms with Crippen LogP contribution in [0, 0.1) is 0 Å². The van der Waals surface area contributed by atoms with Crippen LogP contribution in [0.25, 0.3) is 10.9 Å². The number of aromatic amines is 1. The summed E-state index contributed by atoms with van der Waals surface area (Å²) in [7, 11) is 0. The zero-order valence-electron chi connectivity index (χ0n) is 14.6. The number of para-hydroxylation sites is 1. The minimum atomic E-state index is -0.357. The number of aromatic nitrogens is 1. The molecule has 0 bridgehead atoms. The van der Waals surface area contributed by atoms with Gasteiger partial charge in [-0.3, -0.25) is 10.1 Å². The van der Waals surface area contributed by atoms with E-state index in [0.29, 0.717) is 22.0 Å². The molecule has 4 rings (SSSR count). The molecule has 0 fully saturated rings. The molecule has 1 aliphatic heterocycles. The van der Waals surface area contributed by atoms with Gasteiger partial charge in [-0.05, 0) is 37.1 Å². The van der Waals surface area contributed by atoms with Crippen LogP contribution in [0.2, 0.25) is 10.0 Å². The van der Waals surface area contributed by atoms with Gasteiger partial charge in [0, 0.05) is 33.2 Å². The number of carbonyl (C=O) groups is 1. The lowest BCUT2D eigenvalue weighted by Crippen LogP contribution is -2.47. The summed E-state index contributed by atoms with van der Waals surface area (Å²) in [5.41, 5.74) is 6.69. The molecular formula is C20H18Cl2N4O. The first-order valence-corrected chi connectivity index (χ1v) is 9.42. The molecule has 0 aliphatic carbocycles. The molecule has 1 aromatic heterocycles. The largest absolute Gasteiger partial charge is 0.357 e. The van der Waals surface area contributed by atoms with Crippen LogP contribution in [0.4, 0.5) is 0 Å². The van der Waals surface area contributed by atoms with Crippen molar-refractivity contribution in [3.63, 3.8) is 0 Å². The van der Waals surface area contributed by atoms with Crippen molar-refractivity contribution in [2.24, 2.45) is 5.10 Å². The molecule has 0 radical (unpaired) electrons. The third kappa shape index (κ3) is 3.58. The number of fused-ring (bicyclic) bond motifs is 3. The summed E-state index contributed by atoms with van der Waals surface area (Å²) < 4.78 is 0. The number of carbonyl (C=O) groups excluding carboxylic acids is 1. The average Bonchev–Trinajstić information content (AvgIpc) is 3.03. The zero-order valence-corrected chi connectivity index (χ0v) is 16.1. The summed E-state index contributed by atoms with van der Waals surface area (Å²) >= 11 is 12.0. The van der Waals surface area contributed by atoms with E-state index in [1.165, 1.54) is 11.8 Å². The molecule has 1 amide bonds. The Hall–Kier alpha value is -2.34. The van der Waals surface area contributed by atoms with Crippen LogP contribution in [0.3, 0.4) is 0 Å². The van der Waals surface area contributed by atoms with Crippen molar-refractivity contribution in [3.8, 4) is 0 Å². The lowest BCUT2D eigenvalue weighted by Gasteiger charge is -2.27. The van der Waals surface area contributed by atoms with Gasteiger partial charge in [0.1, 0.15) is 0 Å². The van der Waals surface area contributed by atoms with Gasteiger partial charge in [-0.25, -0.2) is 5.43 Å². The van der Waals surface area contributed by atoms with Gasteiger partial charge in [-0.2, -0.15) is 5.10 Å². The summed E-state index contributed by atoms with van der Waals surface area (Å²) in [6.45, 7) is 2.05. The van der Waals surface area contributed by atoms with E-state index < -0.39 is 0 Å². The maximum absolute atomic E-state index is 12.6. The van der Waals surface area contributed by atoms with Crippen molar-refractivity contribution in [1.29, 1.82) is 0 Å². The molecule has 2 heterocycles. The van der Waals surface area contributed by atoms with E-state index in [1.54, 1.807) is 18.2 Å². The molecule has 0 saturated carbocycles. The summed E-state index contributed by atoms with van der Waals surface area (Å²) in [6, 6.07) is 12.9. The normalized spacial score (nSPS) is 19.4. The molecule has 1 aliphatic rings. The second kappa shape index (κ2) is 7.35. The minimum absolute atomic E-state index is 0.0478. The first-order valence-electron chi connectivity index (χ1n) is 8.66. The molecule has 27 heavy (non-hydrogen) atoms. The van der Waals surface area contributed by atoms with E-state index in [1.807, 2.05) is 19.1 Å². The van der Waals surface area contributed by atoms with E-state index in [2.05, 4.69) is 33.0 Å². The Labute approximate surface area is 166 Å². The fourth-order valence-corrected chi connectivity index (χ4v) is 3.93. The molecule has 2 aromatic carbocycles. The Morgan fingerprint density at radius 2 is 2.07 bits per heavy atom. The fraction of sp³-hybridized carbons (Fsp3) is 0.200. The highest BCUT2D eigenvalue weighted by molar-refractivity contribution is 6.36. The molecule has 3 aromatic rings. The van der Waals surface area contributed by atoms with Gasteiger partial charge in [0.05, 0.1) is 17.3 Å². The van der Waals surface area contributed by atoms with Gasteiger partial charge < -0.3 is 4.98 Å². The number of halogens is 2. The smallest absolute Gasteiger partial charge is 0.257 e. The van der Waals surface area contributed by atoms with Crippen LogP contribution in [0.5, 0.6) is 0 Å². The lowest BCUT2D eigenvalue weighted by molar-refractivity contribution is -0.123. The summed E-state index contributed by atoms with van der Waals surface area (Å²) in [4.78, 5) is 16.0. The zero-order chi connectivity index (χ0) is 19.0. The lowest BCUT2D eigenvalue weighted by atomic mass is 9.94. The molecule has 0 unspecified atom stereocenters. The number of amides is 1. The summed E-state index contributed by atoms with van der Waals surface area (Å²) in [6.07, 6.45) is 2.12. The second-order valence-corrected chi connectivity index (χ2v) is 7.45. The van der Waals surface area contributed by atoms with Crippen LogP contribution in [0.15, 0.2) is 47.6 Å². The summed E-state index contributed by atoms with van der Waals surface area (Å²) in [5, 5.41) is 9.57. The van der Waals surface area contributed by atoms with Gasteiger partial charge in [0.2, 0.25) is 0 Å². The molecule has 7 heteroatoms. The Bertz CT molecular complexity index is 1040. The fourth-order valence-electron chi connectivity index (χ4n) is 3.48. The molecule has 2 atom stereocenters. The number of benzene rings is 2. The van der Waals surface area contributed by atoms with E-state index in [-0.39, 0.29) is 18.0 Å². The van der Waals surface area contributed by atoms with Crippen molar-refractivity contribution in [2.75, 3.05) is 0 Å². The average molecular weight is 401 g/mol. The highest BCUT2D eigenvalue weighted by Gasteiger charge is 2.30. The van der Waals surface area contributed by atoms with Crippen LogP contribution in [-0.2, 0) is 11.2 Å². The van der Waals surface area contributed by atoms with Crippen molar-refractivity contribution >= 4 is 46.2 Å². The van der Waals surface area contributed by atoms with Crippen molar-refractivity contribution in [3.05, 3.63) is 69.3 Å². The van der Waals surface area contributed by atoms with Crippen LogP contribution < -0.4 is 10.7 Å². The van der Waals surface area contributed by atoms with Crippen LogP contribution >= 0.6 is 23.2 Å². The third-order valence-electron chi connectivity index (χ3n) is 4.80. The Morgan fingerprint density at radius 3 is 2.89 bits per heavy atom. The van der Waals surface area contributed by atoms with Gasteiger partial charge in [-0.15, -0.1) is 0 Å². The molecular weight excluding hydrogens is 383 g/mol. The van der Waals surface area contributed by atoms with Crippen molar-refractivity contribution < 1.29 is 4.79 Å². The molecule has 5 nitrogen and oxygen atoms in total. The van der Waals surface area contributed by atoms with E-state index in [4.69, 9.17) is 23.2 Å². The number of rotatable bonds is 3. The third-order valence-corrected chi connectivity index (χ3v) is 5.36. The first-order chi connectivity index (χ1) is 13.0. The predicted molar refractivity (Wildman–Crippen MR) is 110 cm³/mol. The Morgan fingerprint density at radius 1 is 1.26 bits per heavy atom. The van der Waals surface area contributed by atoms with Gasteiger partial charge in [0.25, 0.3) is 5.91 Å². The maximum atomic E-state index is 12.6. The number of hydrogen-bond acceptors (Lipinski definition) is 3. The quantitative estimate of drug-likeness (QED) is 0.455. The Balaban J connectivity index is 1.49. The molecule has 3 N–H and O–H groups in total. The van der Waals surface area contributed by atoms with Crippen molar-refractivity contribution in [2.45, 2.75) is 25.4 Å². The van der Waals surface area contributed by atoms with Crippen molar-refractivity contribution in [1.82, 2.24) is 15.7 Å². The first kappa shape index (κ1) is 18.0. The number of nitrogens with zero attached hydrogens (tertiary/aromatic N) is 1. The number of H-pyrrole nitrogens is 1. The molecule has 138 valence electrons. The van der Waals surface area contributed by atoms with E-state index >= 15 is 0 Å². The topological polar surface area (TPSA) is 69.3 Å². The Kier molecular flexibility index (Phi) is 4.91. The number of nitrogens with one attached hydrogen (secondary N) is 3.